The lowest BCUT2D eigenvalue weighted by atomic mass is 10.1. The van der Waals surface area contributed by atoms with Crippen molar-refractivity contribution in [2.75, 3.05) is 15.9 Å². The molecular formula is C17H17Cl2FN2O3S. The summed E-state index contributed by atoms with van der Waals surface area (Å²) in [6.07, 6.45) is 1.17. The van der Waals surface area contributed by atoms with Crippen molar-refractivity contribution >= 4 is 50.5 Å². The highest BCUT2D eigenvalue weighted by Gasteiger charge is 2.31. The van der Waals surface area contributed by atoms with E-state index < -0.39 is 27.8 Å². The Morgan fingerprint density at radius 2 is 1.81 bits per heavy atom. The Morgan fingerprint density at radius 3 is 2.35 bits per heavy atom. The number of sulfonamides is 1. The Morgan fingerprint density at radius 1 is 1.19 bits per heavy atom. The standard InChI is InChI=1S/C17H17Cl2FN2O3S/c1-3-15(17(23)21-14-6-4-5-13(18)16(14)19)22(26(2,24)25)12-9-7-11(20)8-10-12/h4-10,15H,3H2,1-2H3,(H,21,23)/t15-/m1/s1. The highest BCUT2D eigenvalue weighted by Crippen LogP contribution is 2.30. The van der Waals surface area contributed by atoms with Gasteiger partial charge < -0.3 is 5.32 Å². The number of benzene rings is 2. The maximum Gasteiger partial charge on any atom is 0.248 e. The van der Waals surface area contributed by atoms with Crippen LogP contribution in [0.25, 0.3) is 0 Å². The maximum absolute atomic E-state index is 13.2. The van der Waals surface area contributed by atoms with Crippen LogP contribution in [0.5, 0.6) is 0 Å². The molecule has 0 radical (unpaired) electrons. The number of nitrogens with one attached hydrogen (secondary N) is 1. The van der Waals surface area contributed by atoms with Gasteiger partial charge in [0.2, 0.25) is 15.9 Å². The molecule has 0 saturated heterocycles. The average molecular weight is 419 g/mol. The van der Waals surface area contributed by atoms with E-state index in [4.69, 9.17) is 23.2 Å². The van der Waals surface area contributed by atoms with E-state index in [1.807, 2.05) is 0 Å². The number of hydrogen-bond donors (Lipinski definition) is 1. The van der Waals surface area contributed by atoms with Crippen molar-refractivity contribution in [3.05, 3.63) is 58.3 Å². The number of nitrogens with zero attached hydrogens (tertiary/aromatic N) is 1. The molecule has 2 aromatic rings. The zero-order chi connectivity index (χ0) is 19.5. The van der Waals surface area contributed by atoms with Gasteiger partial charge >= 0.3 is 0 Å². The zero-order valence-corrected chi connectivity index (χ0v) is 16.4. The van der Waals surface area contributed by atoms with Gasteiger partial charge in [-0.2, -0.15) is 0 Å². The van der Waals surface area contributed by atoms with Gasteiger partial charge in [-0.3, -0.25) is 9.10 Å². The number of hydrogen-bond acceptors (Lipinski definition) is 3. The van der Waals surface area contributed by atoms with Gasteiger partial charge in [0.05, 0.1) is 27.7 Å². The monoisotopic (exact) mass is 418 g/mol. The Kier molecular flexibility index (Phi) is 6.49. The first-order valence-electron chi connectivity index (χ1n) is 7.65. The van der Waals surface area contributed by atoms with Gasteiger partial charge in [-0.15, -0.1) is 0 Å². The molecule has 1 amide bonds. The molecule has 1 atom stereocenters. The van der Waals surface area contributed by atoms with Crippen molar-refractivity contribution in [2.45, 2.75) is 19.4 Å². The van der Waals surface area contributed by atoms with Crippen LogP contribution in [0.4, 0.5) is 15.8 Å². The Hall–Kier alpha value is -1.83. The third-order valence-corrected chi connectivity index (χ3v) is 5.62. The molecule has 9 heteroatoms. The van der Waals surface area contributed by atoms with E-state index in [2.05, 4.69) is 5.32 Å². The molecule has 0 aromatic heterocycles. The van der Waals surface area contributed by atoms with Gasteiger partial charge in [-0.25, -0.2) is 12.8 Å². The molecule has 0 spiro atoms. The lowest BCUT2D eigenvalue weighted by Gasteiger charge is -2.30. The van der Waals surface area contributed by atoms with E-state index in [1.165, 1.54) is 12.1 Å². The van der Waals surface area contributed by atoms with Gasteiger partial charge in [-0.1, -0.05) is 36.2 Å². The van der Waals surface area contributed by atoms with Gasteiger partial charge in [0.15, 0.2) is 0 Å². The molecule has 0 aliphatic heterocycles. The largest absolute Gasteiger partial charge is 0.323 e. The quantitative estimate of drug-likeness (QED) is 0.759. The molecule has 0 bridgehead atoms. The van der Waals surface area contributed by atoms with Crippen LogP contribution < -0.4 is 9.62 Å². The molecule has 0 heterocycles. The number of carbonyl (C=O) groups excluding carboxylic acids is 1. The lowest BCUT2D eigenvalue weighted by molar-refractivity contribution is -0.117. The third kappa shape index (κ3) is 4.66. The van der Waals surface area contributed by atoms with E-state index in [-0.39, 0.29) is 27.8 Å². The van der Waals surface area contributed by atoms with E-state index >= 15 is 0 Å². The van der Waals surface area contributed by atoms with Gasteiger partial charge in [0.25, 0.3) is 0 Å². The van der Waals surface area contributed by atoms with E-state index in [0.717, 1.165) is 22.7 Å². The number of carbonyl (C=O) groups is 1. The van der Waals surface area contributed by atoms with Crippen LogP contribution in [0.2, 0.25) is 10.0 Å². The second kappa shape index (κ2) is 8.24. The van der Waals surface area contributed by atoms with Crippen LogP contribution in [0.15, 0.2) is 42.5 Å². The smallest absolute Gasteiger partial charge is 0.248 e. The van der Waals surface area contributed by atoms with Crippen molar-refractivity contribution in [2.24, 2.45) is 0 Å². The topological polar surface area (TPSA) is 66.5 Å². The summed E-state index contributed by atoms with van der Waals surface area (Å²) in [6, 6.07) is 8.55. The molecule has 0 fully saturated rings. The van der Waals surface area contributed by atoms with Crippen molar-refractivity contribution in [3.63, 3.8) is 0 Å². The number of halogens is 3. The average Bonchev–Trinajstić information content (AvgIpc) is 2.56. The summed E-state index contributed by atoms with van der Waals surface area (Å²) in [7, 11) is -3.81. The molecule has 2 aromatic carbocycles. The molecule has 5 nitrogen and oxygen atoms in total. The molecule has 0 unspecified atom stereocenters. The molecule has 0 saturated carbocycles. The van der Waals surface area contributed by atoms with Crippen LogP contribution in [0.3, 0.4) is 0 Å². The van der Waals surface area contributed by atoms with Crippen LogP contribution in [0.1, 0.15) is 13.3 Å². The highest BCUT2D eigenvalue weighted by molar-refractivity contribution is 7.92. The second-order valence-electron chi connectivity index (χ2n) is 5.55. The molecule has 0 aliphatic carbocycles. The van der Waals surface area contributed by atoms with E-state index in [9.17, 15) is 17.6 Å². The minimum Gasteiger partial charge on any atom is -0.323 e. The zero-order valence-electron chi connectivity index (χ0n) is 14.0. The van der Waals surface area contributed by atoms with Crippen LogP contribution in [-0.2, 0) is 14.8 Å². The third-order valence-electron chi connectivity index (χ3n) is 3.62. The maximum atomic E-state index is 13.2. The van der Waals surface area contributed by atoms with Gasteiger partial charge in [-0.05, 0) is 42.8 Å². The van der Waals surface area contributed by atoms with Crippen LogP contribution >= 0.6 is 23.2 Å². The number of anilines is 2. The van der Waals surface area contributed by atoms with Crippen molar-refractivity contribution in [1.29, 1.82) is 0 Å². The fourth-order valence-electron chi connectivity index (χ4n) is 2.46. The highest BCUT2D eigenvalue weighted by atomic mass is 35.5. The SMILES string of the molecule is CC[C@H](C(=O)Nc1cccc(Cl)c1Cl)N(c1ccc(F)cc1)S(C)(=O)=O. The minimum atomic E-state index is -3.81. The summed E-state index contributed by atoms with van der Waals surface area (Å²) in [5.74, 6) is -1.09. The minimum absolute atomic E-state index is 0.157. The summed E-state index contributed by atoms with van der Waals surface area (Å²) >= 11 is 12.0. The fraction of sp³-hybridized carbons (Fsp3) is 0.235. The summed E-state index contributed by atoms with van der Waals surface area (Å²) in [4.78, 5) is 12.7. The molecule has 0 aliphatic rings. The van der Waals surface area contributed by atoms with Crippen LogP contribution in [0, 0.1) is 5.82 Å². The summed E-state index contributed by atoms with van der Waals surface area (Å²) in [5, 5.41) is 3.02. The second-order valence-corrected chi connectivity index (χ2v) is 8.19. The Bertz CT molecular complexity index is 905. The van der Waals surface area contributed by atoms with Gasteiger partial charge in [0, 0.05) is 0 Å². The lowest BCUT2D eigenvalue weighted by Crippen LogP contribution is -2.47. The molecule has 1 N–H and O–H groups in total. The van der Waals surface area contributed by atoms with Crippen molar-refractivity contribution < 1.29 is 17.6 Å². The predicted octanol–water partition coefficient (Wildman–Crippen LogP) is 4.32. The predicted molar refractivity (Wildman–Crippen MR) is 103 cm³/mol. The van der Waals surface area contributed by atoms with Crippen LogP contribution in [-0.4, -0.2) is 26.6 Å². The molecular weight excluding hydrogens is 402 g/mol. The van der Waals surface area contributed by atoms with E-state index in [0.29, 0.717) is 0 Å². The van der Waals surface area contributed by atoms with Crippen molar-refractivity contribution in [3.8, 4) is 0 Å². The summed E-state index contributed by atoms with van der Waals surface area (Å²) in [6.45, 7) is 1.67. The Balaban J connectivity index is 2.40. The molecule has 26 heavy (non-hydrogen) atoms. The number of rotatable bonds is 6. The summed E-state index contributed by atoms with van der Waals surface area (Å²) in [5.41, 5.74) is 0.461. The normalized spacial score (nSPS) is 12.5. The summed E-state index contributed by atoms with van der Waals surface area (Å²) < 4.78 is 38.7. The molecule has 2 rings (SSSR count). The first-order chi connectivity index (χ1) is 12.1. The first-order valence-corrected chi connectivity index (χ1v) is 10.3. The Labute approximate surface area is 161 Å². The first kappa shape index (κ1) is 20.5. The van der Waals surface area contributed by atoms with Crippen molar-refractivity contribution in [1.82, 2.24) is 0 Å². The fourth-order valence-corrected chi connectivity index (χ4v) is 4.02. The van der Waals surface area contributed by atoms with E-state index in [1.54, 1.807) is 25.1 Å². The molecule has 140 valence electrons. The van der Waals surface area contributed by atoms with Gasteiger partial charge in [0.1, 0.15) is 11.9 Å². The number of amides is 1.